The number of nitrogens with zero attached hydrogens (tertiary/aromatic N) is 6. The minimum Gasteiger partial charge on any atom is -0.508 e. The molecule has 6 aliphatic heterocycles. The van der Waals surface area contributed by atoms with E-state index in [1.165, 1.54) is 0 Å². The molecule has 12 rings (SSSR count). The molecule has 97 heavy (non-hydrogen) atoms. The number of fused-ring (bicyclic) bond motifs is 3. The number of nitrogens with two attached hydrogens (primary N) is 1. The number of carbonyl (C=O) groups excluding carboxylic acids is 1. The number of phenols is 2. The monoisotopic (exact) mass is 1360 g/mol. The summed E-state index contributed by atoms with van der Waals surface area (Å²) in [5.74, 6) is -5.92. The molecule has 0 aliphatic carbocycles. The van der Waals surface area contributed by atoms with Gasteiger partial charge in [-0.2, -0.15) is 0 Å². The molecule has 3 fully saturated rings. The lowest BCUT2D eigenvalue weighted by molar-refractivity contribution is -0.0241. The zero-order chi connectivity index (χ0) is 69.0. The van der Waals surface area contributed by atoms with Gasteiger partial charge in [-0.3, -0.25) is 47.4 Å². The molecule has 0 spiro atoms. The third kappa shape index (κ3) is 20.3. The Morgan fingerprint density at radius 1 is 0.443 bits per heavy atom. The van der Waals surface area contributed by atoms with E-state index >= 15 is 0 Å². The fourth-order valence-corrected chi connectivity index (χ4v) is 14.3. The first-order chi connectivity index (χ1) is 46.4. The highest BCUT2D eigenvalue weighted by Gasteiger charge is 2.38. The van der Waals surface area contributed by atoms with E-state index in [0.29, 0.717) is 57.2 Å². The van der Waals surface area contributed by atoms with Crippen molar-refractivity contribution in [1.29, 1.82) is 0 Å². The Labute approximate surface area is 563 Å². The summed E-state index contributed by atoms with van der Waals surface area (Å²) in [5.41, 5.74) is 14.3. The average molecular weight is 1360 g/mol. The van der Waals surface area contributed by atoms with Crippen LogP contribution in [0.2, 0.25) is 0 Å². The van der Waals surface area contributed by atoms with Gasteiger partial charge in [-0.05, 0) is 168 Å². The number of hydrogen-bond donors (Lipinski definition) is 3. The first-order valence-electron chi connectivity index (χ1n) is 33.8. The van der Waals surface area contributed by atoms with Crippen molar-refractivity contribution in [2.75, 3.05) is 138 Å². The molecular formula is C75H92F9N7O6. The summed E-state index contributed by atoms with van der Waals surface area (Å²) >= 11 is 0. The van der Waals surface area contributed by atoms with Gasteiger partial charge in [-0.15, -0.1) is 0 Å². The smallest absolute Gasteiger partial charge is 0.257 e. The Bertz CT molecular complexity index is 3340. The van der Waals surface area contributed by atoms with Gasteiger partial charge in [0.05, 0.1) is 57.8 Å². The van der Waals surface area contributed by atoms with Crippen LogP contribution in [0.4, 0.5) is 39.5 Å². The van der Waals surface area contributed by atoms with E-state index < -0.39 is 23.7 Å². The molecule has 22 heteroatoms. The molecular weight excluding hydrogens is 1270 g/mol. The molecule has 0 radical (unpaired) electrons. The van der Waals surface area contributed by atoms with Crippen LogP contribution < -0.4 is 19.9 Å². The van der Waals surface area contributed by atoms with Crippen molar-refractivity contribution in [3.63, 3.8) is 0 Å². The number of aryl methyl sites for hydroxylation is 2. The Morgan fingerprint density at radius 3 is 1.06 bits per heavy atom. The number of primary amides is 1. The molecule has 3 saturated heterocycles. The predicted molar refractivity (Wildman–Crippen MR) is 357 cm³/mol. The normalized spacial score (nSPS) is 20.2. The van der Waals surface area contributed by atoms with E-state index in [2.05, 4.69) is 14.7 Å². The van der Waals surface area contributed by atoms with Crippen molar-refractivity contribution in [1.82, 2.24) is 29.4 Å². The standard InChI is InChI=1S/C25H30F3N3O2.2C25H31F3N2O2/c1-25(27,28)16-31-9-8-19-12-20(24(29)32)4-7-22(19)23(31)18-2-5-21(6-3-18)33-11-10-30-14-17(13-26)15-30;2*1-25(27,28)17-30-10-2-3-20-13-21(31)6-9-23(20)24(30)19-4-7-22(8-5-19)32-12-11-29-15-18(14-26)16-29/h2-7,12,17,23H,8-11,13-16H2,1H3,(H2,29,32);2*4-9,13,18,24,31H,2-3,10-12,14-17H2,1H3/t23-;24-;/m01./s1. The van der Waals surface area contributed by atoms with Crippen molar-refractivity contribution in [2.45, 2.75) is 88.8 Å². The van der Waals surface area contributed by atoms with Gasteiger partial charge < -0.3 is 30.2 Å². The quantitative estimate of drug-likeness (QED) is 0.0472. The molecule has 4 N–H and O–H groups in total. The van der Waals surface area contributed by atoms with Crippen LogP contribution in [0.5, 0.6) is 28.7 Å². The second kappa shape index (κ2) is 32.7. The van der Waals surface area contributed by atoms with Gasteiger partial charge in [0.25, 0.3) is 17.8 Å². The van der Waals surface area contributed by atoms with Gasteiger partial charge in [0, 0.05) is 110 Å². The van der Waals surface area contributed by atoms with Crippen LogP contribution in [0.1, 0.15) is 112 Å². The highest BCUT2D eigenvalue weighted by atomic mass is 19.3. The van der Waals surface area contributed by atoms with E-state index in [-0.39, 0.29) is 87.0 Å². The summed E-state index contributed by atoms with van der Waals surface area (Å²) in [6, 6.07) is 37.5. The zero-order valence-corrected chi connectivity index (χ0v) is 55.7. The number of hydrogen-bond acceptors (Lipinski definition) is 12. The third-order valence-corrected chi connectivity index (χ3v) is 18.9. The van der Waals surface area contributed by atoms with Gasteiger partial charge in [-0.25, -0.2) is 26.3 Å². The van der Waals surface area contributed by atoms with Crippen molar-refractivity contribution < 1.29 is 68.7 Å². The Kier molecular flexibility index (Phi) is 24.5. The molecule has 0 bridgehead atoms. The number of halogens is 9. The number of aromatic hydroxyl groups is 2. The maximum Gasteiger partial charge on any atom is 0.257 e. The zero-order valence-electron chi connectivity index (χ0n) is 55.7. The largest absolute Gasteiger partial charge is 0.508 e. The number of rotatable bonds is 25. The van der Waals surface area contributed by atoms with E-state index in [0.717, 1.165) is 167 Å². The van der Waals surface area contributed by atoms with Crippen LogP contribution in [0.15, 0.2) is 127 Å². The fourth-order valence-electron chi connectivity index (χ4n) is 14.3. The van der Waals surface area contributed by atoms with E-state index in [4.69, 9.17) is 19.9 Å². The number of carbonyl (C=O) groups is 1. The number of benzene rings is 6. The summed E-state index contributed by atoms with van der Waals surface area (Å²) < 4.78 is 139. The maximum atomic E-state index is 14.0. The highest BCUT2D eigenvalue weighted by Crippen LogP contribution is 2.42. The van der Waals surface area contributed by atoms with Crippen LogP contribution in [0, 0.1) is 17.8 Å². The molecule has 0 aromatic heterocycles. The Hall–Kier alpha value is -7.08. The molecule has 6 aromatic rings. The first-order valence-corrected chi connectivity index (χ1v) is 33.8. The predicted octanol–water partition coefficient (Wildman–Crippen LogP) is 13.0. The number of alkyl halides is 9. The summed E-state index contributed by atoms with van der Waals surface area (Å²) in [7, 11) is 0. The van der Waals surface area contributed by atoms with E-state index in [9.17, 15) is 54.5 Å². The van der Waals surface area contributed by atoms with Crippen molar-refractivity contribution >= 4 is 5.91 Å². The molecule has 6 aliphatic rings. The van der Waals surface area contributed by atoms with Gasteiger partial charge in [0.15, 0.2) is 0 Å². The number of phenolic OH excluding ortho intramolecular Hbond substituents is 2. The molecule has 0 saturated carbocycles. The highest BCUT2D eigenvalue weighted by molar-refractivity contribution is 5.93. The Balaban J connectivity index is 0.000000158. The van der Waals surface area contributed by atoms with Crippen molar-refractivity contribution in [2.24, 2.45) is 23.5 Å². The molecule has 1 amide bonds. The van der Waals surface area contributed by atoms with Gasteiger partial charge in [0.2, 0.25) is 5.91 Å². The third-order valence-electron chi connectivity index (χ3n) is 18.9. The molecule has 6 heterocycles. The molecule has 526 valence electrons. The topological polar surface area (TPSA) is 131 Å². The van der Waals surface area contributed by atoms with E-state index in [1.54, 1.807) is 41.3 Å². The lowest BCUT2D eigenvalue weighted by atomic mass is 9.86. The minimum atomic E-state index is -2.83. The van der Waals surface area contributed by atoms with Crippen LogP contribution in [-0.2, 0) is 19.3 Å². The number of likely N-dealkylation sites (tertiary alicyclic amines) is 3. The maximum absolute atomic E-state index is 14.0. The summed E-state index contributed by atoms with van der Waals surface area (Å²) in [4.78, 5) is 23.5. The molecule has 3 atom stereocenters. The average Bonchev–Trinajstić information content (AvgIpc) is 1.50. The molecule has 13 nitrogen and oxygen atoms in total. The SMILES string of the molecule is CC(F)(F)CN1CCCc2cc(O)ccc2C1c1ccc(OCCN2CC(CF)C2)cc1.CC(F)(F)CN1CCCc2cc(O)ccc2[C@H]1c1ccc(OCCN2CC(CF)C2)cc1.CC(F)(F)CN1CCc2cc(C(N)=O)ccc2[C@@H]1c1ccc(OCCN2CC(CF)C2)cc1. The van der Waals surface area contributed by atoms with Crippen LogP contribution in [0.3, 0.4) is 0 Å². The summed E-state index contributed by atoms with van der Waals surface area (Å²) in [6.07, 6.45) is 3.57. The Morgan fingerprint density at radius 2 is 0.753 bits per heavy atom. The lowest BCUT2D eigenvalue weighted by Gasteiger charge is -2.39. The fraction of sp³-hybridized carbons (Fsp3) is 0.507. The number of amides is 1. The summed E-state index contributed by atoms with van der Waals surface area (Å²) in [5, 5.41) is 19.9. The van der Waals surface area contributed by atoms with Gasteiger partial charge in [-0.1, -0.05) is 54.6 Å². The minimum absolute atomic E-state index is 0.153. The summed E-state index contributed by atoms with van der Waals surface area (Å²) in [6.45, 7) is 11.1. The van der Waals surface area contributed by atoms with Gasteiger partial charge >= 0.3 is 0 Å². The second-order valence-corrected chi connectivity index (χ2v) is 27.4. The molecule has 6 aromatic carbocycles. The van der Waals surface area contributed by atoms with Crippen LogP contribution >= 0.6 is 0 Å². The van der Waals surface area contributed by atoms with Crippen LogP contribution in [0.25, 0.3) is 0 Å². The van der Waals surface area contributed by atoms with Crippen molar-refractivity contribution in [3.05, 3.63) is 183 Å². The van der Waals surface area contributed by atoms with Gasteiger partial charge in [0.1, 0.15) is 48.6 Å². The second-order valence-electron chi connectivity index (χ2n) is 27.4. The van der Waals surface area contributed by atoms with E-state index in [1.807, 2.05) is 101 Å². The first kappa shape index (κ1) is 72.7. The van der Waals surface area contributed by atoms with Crippen LogP contribution in [-0.4, -0.2) is 201 Å². The van der Waals surface area contributed by atoms with Crippen molar-refractivity contribution in [3.8, 4) is 28.7 Å². The number of ether oxygens (including phenoxy) is 3. The lowest BCUT2D eigenvalue weighted by Crippen LogP contribution is -2.49. The molecule has 1 unspecified atom stereocenters.